The van der Waals surface area contributed by atoms with E-state index in [9.17, 15) is 22.4 Å². The number of carbonyl (C=O) groups excluding carboxylic acids is 1. The molecule has 5 nitrogen and oxygen atoms in total. The van der Waals surface area contributed by atoms with Crippen LogP contribution in [0.2, 0.25) is 0 Å². The number of hydrogen-bond donors (Lipinski definition) is 0. The Kier molecular flexibility index (Phi) is 5.51. The van der Waals surface area contributed by atoms with Gasteiger partial charge in [-0.05, 0) is 61.7 Å². The maximum absolute atomic E-state index is 13.8. The van der Waals surface area contributed by atoms with Gasteiger partial charge in [-0.25, -0.2) is 19.2 Å². The molecule has 1 aromatic heterocycles. The topological polar surface area (TPSA) is 55.3 Å². The van der Waals surface area contributed by atoms with Gasteiger partial charge in [0, 0.05) is 12.1 Å². The monoisotopic (exact) mass is 433 g/mol. The molecule has 0 saturated carbocycles. The fourth-order valence-electron chi connectivity index (χ4n) is 3.82. The molecule has 2 aromatic carbocycles. The van der Waals surface area contributed by atoms with E-state index in [4.69, 9.17) is 4.74 Å². The summed E-state index contributed by atoms with van der Waals surface area (Å²) in [4.78, 5) is 22.2. The first-order valence-electron chi connectivity index (χ1n) is 9.77. The standard InChI is InChI=1S/C22H19F4N3O2/c1-31-21(30)14-7-10-16-17(12-14)28-20(19(27-16)13-5-8-15(23)9-6-13)29-11-3-2-4-18(29)22(24,25)26/h5-10,12,18H,2-4,11H2,1H3. The minimum Gasteiger partial charge on any atom is -0.465 e. The predicted molar refractivity (Wildman–Crippen MR) is 107 cm³/mol. The fraction of sp³-hybridized carbons (Fsp3) is 0.318. The van der Waals surface area contributed by atoms with Crippen LogP contribution in [0.1, 0.15) is 29.6 Å². The molecule has 162 valence electrons. The lowest BCUT2D eigenvalue weighted by atomic mass is 10.0. The normalized spacial score (nSPS) is 17.1. The zero-order valence-electron chi connectivity index (χ0n) is 16.6. The maximum atomic E-state index is 13.8. The summed E-state index contributed by atoms with van der Waals surface area (Å²) in [5.41, 5.74) is 1.58. The van der Waals surface area contributed by atoms with Crippen LogP contribution in [0.4, 0.5) is 23.4 Å². The van der Waals surface area contributed by atoms with Gasteiger partial charge in [0.15, 0.2) is 5.82 Å². The average molecular weight is 433 g/mol. The molecule has 1 unspecified atom stereocenters. The van der Waals surface area contributed by atoms with Gasteiger partial charge in [-0.15, -0.1) is 0 Å². The van der Waals surface area contributed by atoms with E-state index in [-0.39, 0.29) is 35.6 Å². The maximum Gasteiger partial charge on any atom is 0.408 e. The molecule has 1 aliphatic rings. The van der Waals surface area contributed by atoms with Crippen molar-refractivity contribution in [1.29, 1.82) is 0 Å². The van der Waals surface area contributed by atoms with Crippen molar-refractivity contribution in [2.45, 2.75) is 31.5 Å². The van der Waals surface area contributed by atoms with Gasteiger partial charge < -0.3 is 9.64 Å². The Morgan fingerprint density at radius 3 is 2.48 bits per heavy atom. The Labute approximate surface area is 175 Å². The first-order valence-corrected chi connectivity index (χ1v) is 9.77. The van der Waals surface area contributed by atoms with Crippen LogP contribution >= 0.6 is 0 Å². The van der Waals surface area contributed by atoms with Crippen molar-refractivity contribution in [3.8, 4) is 11.3 Å². The van der Waals surface area contributed by atoms with Crippen molar-refractivity contribution >= 4 is 22.8 Å². The molecule has 1 aliphatic heterocycles. The van der Waals surface area contributed by atoms with Gasteiger partial charge in [0.2, 0.25) is 0 Å². The number of nitrogens with zero attached hydrogens (tertiary/aromatic N) is 3. The smallest absolute Gasteiger partial charge is 0.408 e. The van der Waals surface area contributed by atoms with Crippen molar-refractivity contribution in [3.63, 3.8) is 0 Å². The van der Waals surface area contributed by atoms with Crippen molar-refractivity contribution in [1.82, 2.24) is 9.97 Å². The second kappa shape index (κ2) is 8.13. The number of aromatic nitrogens is 2. The van der Waals surface area contributed by atoms with Gasteiger partial charge in [-0.1, -0.05) is 0 Å². The summed E-state index contributed by atoms with van der Waals surface area (Å²) in [6.07, 6.45) is -3.45. The second-order valence-corrected chi connectivity index (χ2v) is 7.34. The molecule has 0 amide bonds. The molecule has 3 aromatic rings. The highest BCUT2D eigenvalue weighted by Crippen LogP contribution is 2.38. The highest BCUT2D eigenvalue weighted by atomic mass is 19.4. The van der Waals surface area contributed by atoms with Gasteiger partial charge in [0.1, 0.15) is 17.6 Å². The summed E-state index contributed by atoms with van der Waals surface area (Å²) in [6, 6.07) is 8.19. The quantitative estimate of drug-likeness (QED) is 0.423. The van der Waals surface area contributed by atoms with Crippen LogP contribution in [-0.4, -0.2) is 41.8 Å². The molecule has 4 rings (SSSR count). The molecule has 0 N–H and O–H groups in total. The van der Waals surface area contributed by atoms with Crippen LogP contribution in [0.5, 0.6) is 0 Å². The van der Waals surface area contributed by atoms with Crippen LogP contribution < -0.4 is 4.90 Å². The van der Waals surface area contributed by atoms with Crippen molar-refractivity contribution in [3.05, 3.63) is 53.8 Å². The molecule has 0 aliphatic carbocycles. The van der Waals surface area contributed by atoms with Crippen molar-refractivity contribution in [2.75, 3.05) is 18.6 Å². The molecule has 0 bridgehead atoms. The van der Waals surface area contributed by atoms with Gasteiger partial charge in [-0.3, -0.25) is 0 Å². The van der Waals surface area contributed by atoms with Crippen molar-refractivity contribution < 1.29 is 27.1 Å². The highest BCUT2D eigenvalue weighted by molar-refractivity contribution is 5.94. The van der Waals surface area contributed by atoms with E-state index in [1.54, 1.807) is 6.07 Å². The van der Waals surface area contributed by atoms with Crippen LogP contribution in [-0.2, 0) is 4.74 Å². The minimum atomic E-state index is -4.44. The number of benzene rings is 2. The number of ether oxygens (including phenoxy) is 1. The molecule has 1 atom stereocenters. The van der Waals surface area contributed by atoms with E-state index in [2.05, 4.69) is 9.97 Å². The SMILES string of the molecule is COC(=O)c1ccc2nc(-c3ccc(F)cc3)c(N3CCCCC3C(F)(F)F)nc2c1. The summed E-state index contributed by atoms with van der Waals surface area (Å²) in [6.45, 7) is 0.162. The number of alkyl halides is 3. The van der Waals surface area contributed by atoms with Crippen LogP contribution in [0.3, 0.4) is 0 Å². The summed E-state index contributed by atoms with van der Waals surface area (Å²) < 4.78 is 59.5. The average Bonchev–Trinajstić information content (AvgIpc) is 2.77. The Hall–Kier alpha value is -3.23. The number of methoxy groups -OCH3 is 1. The molecule has 0 spiro atoms. The zero-order chi connectivity index (χ0) is 22.2. The zero-order valence-corrected chi connectivity index (χ0v) is 16.6. The van der Waals surface area contributed by atoms with Crippen LogP contribution in [0.15, 0.2) is 42.5 Å². The fourth-order valence-corrected chi connectivity index (χ4v) is 3.82. The Balaban J connectivity index is 1.93. The van der Waals surface area contributed by atoms with Crippen LogP contribution in [0.25, 0.3) is 22.3 Å². The van der Waals surface area contributed by atoms with E-state index in [1.165, 1.54) is 48.4 Å². The van der Waals surface area contributed by atoms with Gasteiger partial charge in [-0.2, -0.15) is 13.2 Å². The summed E-state index contributed by atoms with van der Waals surface area (Å²) in [5.74, 6) is -0.991. The Bertz CT molecular complexity index is 1120. The molecule has 2 heterocycles. The van der Waals surface area contributed by atoms with Crippen molar-refractivity contribution in [2.24, 2.45) is 0 Å². The van der Waals surface area contributed by atoms with Crippen LogP contribution in [0, 0.1) is 5.82 Å². The highest BCUT2D eigenvalue weighted by Gasteiger charge is 2.45. The molecule has 0 radical (unpaired) electrons. The number of hydrogen-bond acceptors (Lipinski definition) is 5. The van der Waals surface area contributed by atoms with E-state index in [0.29, 0.717) is 23.9 Å². The predicted octanol–water partition coefficient (Wildman–Crippen LogP) is 5.14. The molecule has 31 heavy (non-hydrogen) atoms. The number of piperidine rings is 1. The van der Waals surface area contributed by atoms with Gasteiger partial charge in [0.05, 0.1) is 23.7 Å². The number of carbonyl (C=O) groups is 1. The number of rotatable bonds is 3. The third-order valence-corrected chi connectivity index (χ3v) is 5.34. The first kappa shape index (κ1) is 21.0. The van der Waals surface area contributed by atoms with E-state index >= 15 is 0 Å². The third kappa shape index (κ3) is 4.17. The summed E-state index contributed by atoms with van der Waals surface area (Å²) in [5, 5.41) is 0. The molecule has 1 saturated heterocycles. The lowest BCUT2D eigenvalue weighted by molar-refractivity contribution is -0.152. The number of halogens is 4. The van der Waals surface area contributed by atoms with E-state index in [0.717, 1.165) is 0 Å². The number of fused-ring (bicyclic) bond motifs is 1. The molecule has 9 heteroatoms. The van der Waals surface area contributed by atoms with E-state index < -0.39 is 24.0 Å². The molecular weight excluding hydrogens is 414 g/mol. The number of esters is 1. The largest absolute Gasteiger partial charge is 0.465 e. The Morgan fingerprint density at radius 1 is 1.06 bits per heavy atom. The lowest BCUT2D eigenvalue weighted by Crippen LogP contribution is -2.49. The third-order valence-electron chi connectivity index (χ3n) is 5.34. The second-order valence-electron chi connectivity index (χ2n) is 7.34. The Morgan fingerprint density at radius 2 is 1.81 bits per heavy atom. The summed E-state index contributed by atoms with van der Waals surface area (Å²) >= 11 is 0. The first-order chi connectivity index (χ1) is 14.8. The number of anilines is 1. The van der Waals surface area contributed by atoms with E-state index in [1.807, 2.05) is 0 Å². The molecular formula is C22H19F4N3O2. The lowest BCUT2D eigenvalue weighted by Gasteiger charge is -2.38. The molecule has 1 fully saturated rings. The summed E-state index contributed by atoms with van der Waals surface area (Å²) in [7, 11) is 1.24. The minimum absolute atomic E-state index is 0.0473. The van der Waals surface area contributed by atoms with Gasteiger partial charge in [0.25, 0.3) is 0 Å². The van der Waals surface area contributed by atoms with Gasteiger partial charge >= 0.3 is 12.1 Å².